The van der Waals surface area contributed by atoms with Gasteiger partial charge in [-0.1, -0.05) is 26.0 Å². The van der Waals surface area contributed by atoms with Gasteiger partial charge in [-0.25, -0.2) is 0 Å². The first-order chi connectivity index (χ1) is 8.83. The molecule has 2 N–H and O–H groups in total. The van der Waals surface area contributed by atoms with Crippen LogP contribution in [-0.4, -0.2) is 17.3 Å². The number of nitrogens with one attached hydrogen (secondary N) is 1. The van der Waals surface area contributed by atoms with Gasteiger partial charge in [0.2, 0.25) is 0 Å². The smallest absolute Gasteiger partial charge is 0.0766 e. The Labute approximate surface area is 118 Å². The van der Waals surface area contributed by atoms with E-state index in [0.29, 0.717) is 6.54 Å². The Kier molecular flexibility index (Phi) is 5.57. The van der Waals surface area contributed by atoms with Crippen LogP contribution in [-0.2, 0) is 0 Å². The summed E-state index contributed by atoms with van der Waals surface area (Å²) in [5.74, 6) is 0. The molecule has 0 heterocycles. The topological polar surface area (TPSA) is 32.3 Å². The fourth-order valence-corrected chi connectivity index (χ4v) is 2.40. The maximum atomic E-state index is 10.3. The first-order valence-corrected chi connectivity index (χ1v) is 7.36. The number of rotatable bonds is 6. The van der Waals surface area contributed by atoms with Gasteiger partial charge in [0.15, 0.2) is 0 Å². The molecule has 108 valence electrons. The fraction of sp³-hybridized carbons (Fsp3) is 0.647. The zero-order valence-corrected chi connectivity index (χ0v) is 13.3. The number of benzene rings is 1. The maximum Gasteiger partial charge on any atom is 0.0766 e. The standard InChI is InChI=1S/C17H29NO/c1-7-17(19,8-2)11-18-15(6)16-10-13(4)12(3)9-14(16)5/h9-10,15,18-19H,7-8,11H2,1-6H3. The van der Waals surface area contributed by atoms with E-state index in [2.05, 4.69) is 45.1 Å². The van der Waals surface area contributed by atoms with E-state index in [1.165, 1.54) is 22.3 Å². The summed E-state index contributed by atoms with van der Waals surface area (Å²) < 4.78 is 0. The van der Waals surface area contributed by atoms with Crippen molar-refractivity contribution in [2.24, 2.45) is 0 Å². The molecule has 1 atom stereocenters. The molecule has 0 aliphatic carbocycles. The summed E-state index contributed by atoms with van der Waals surface area (Å²) in [5, 5.41) is 13.8. The van der Waals surface area contributed by atoms with Crippen LogP contribution in [0.3, 0.4) is 0 Å². The van der Waals surface area contributed by atoms with Crippen molar-refractivity contribution < 1.29 is 5.11 Å². The quantitative estimate of drug-likeness (QED) is 0.818. The van der Waals surface area contributed by atoms with Crippen LogP contribution in [0.4, 0.5) is 0 Å². The van der Waals surface area contributed by atoms with Crippen LogP contribution in [0.2, 0.25) is 0 Å². The lowest BCUT2D eigenvalue weighted by molar-refractivity contribution is 0.0303. The molecule has 0 saturated heterocycles. The first-order valence-electron chi connectivity index (χ1n) is 7.36. The molecule has 19 heavy (non-hydrogen) atoms. The molecule has 0 spiro atoms. The van der Waals surface area contributed by atoms with Crippen LogP contribution >= 0.6 is 0 Å². The van der Waals surface area contributed by atoms with Crippen LogP contribution in [0.15, 0.2) is 12.1 Å². The van der Waals surface area contributed by atoms with Crippen molar-refractivity contribution in [3.05, 3.63) is 34.4 Å². The Morgan fingerprint density at radius 3 is 2.11 bits per heavy atom. The summed E-state index contributed by atoms with van der Waals surface area (Å²) in [6, 6.07) is 4.78. The van der Waals surface area contributed by atoms with Crippen molar-refractivity contribution in [3.63, 3.8) is 0 Å². The molecule has 0 fully saturated rings. The maximum absolute atomic E-state index is 10.3. The van der Waals surface area contributed by atoms with Crippen molar-refractivity contribution in [2.75, 3.05) is 6.54 Å². The van der Waals surface area contributed by atoms with E-state index >= 15 is 0 Å². The van der Waals surface area contributed by atoms with Gasteiger partial charge >= 0.3 is 0 Å². The highest BCUT2D eigenvalue weighted by Crippen LogP contribution is 2.22. The summed E-state index contributed by atoms with van der Waals surface area (Å²) in [6.07, 6.45) is 1.57. The molecule has 0 aromatic heterocycles. The highest BCUT2D eigenvalue weighted by molar-refractivity contribution is 5.38. The monoisotopic (exact) mass is 263 g/mol. The van der Waals surface area contributed by atoms with Crippen molar-refractivity contribution in [2.45, 2.75) is 66.0 Å². The van der Waals surface area contributed by atoms with Crippen LogP contribution in [0.5, 0.6) is 0 Å². The molecule has 0 aliphatic heterocycles. The number of hydrogen-bond acceptors (Lipinski definition) is 2. The summed E-state index contributed by atoms with van der Waals surface area (Å²) in [6.45, 7) is 13.4. The average Bonchev–Trinajstić information content (AvgIpc) is 2.39. The second-order valence-corrected chi connectivity index (χ2v) is 5.83. The molecule has 1 unspecified atom stereocenters. The Hall–Kier alpha value is -0.860. The van der Waals surface area contributed by atoms with E-state index in [1.54, 1.807) is 0 Å². The van der Waals surface area contributed by atoms with Crippen LogP contribution in [0.1, 0.15) is 61.9 Å². The van der Waals surface area contributed by atoms with Gasteiger partial charge in [0.05, 0.1) is 5.60 Å². The van der Waals surface area contributed by atoms with E-state index in [9.17, 15) is 5.11 Å². The Bertz CT molecular complexity index is 422. The third-order valence-electron chi connectivity index (χ3n) is 4.40. The van der Waals surface area contributed by atoms with E-state index in [0.717, 1.165) is 12.8 Å². The predicted molar refractivity (Wildman–Crippen MR) is 82.6 cm³/mol. The second-order valence-electron chi connectivity index (χ2n) is 5.83. The lowest BCUT2D eigenvalue weighted by Crippen LogP contribution is -2.40. The molecule has 0 radical (unpaired) electrons. The molecule has 2 heteroatoms. The number of aliphatic hydroxyl groups is 1. The van der Waals surface area contributed by atoms with Crippen molar-refractivity contribution in [3.8, 4) is 0 Å². The number of aryl methyl sites for hydroxylation is 3. The third-order valence-corrected chi connectivity index (χ3v) is 4.40. The van der Waals surface area contributed by atoms with Gasteiger partial charge in [-0.3, -0.25) is 0 Å². The molecule has 0 aliphatic rings. The third kappa shape index (κ3) is 4.05. The second kappa shape index (κ2) is 6.53. The zero-order chi connectivity index (χ0) is 14.6. The average molecular weight is 263 g/mol. The van der Waals surface area contributed by atoms with Gasteiger partial charge in [-0.15, -0.1) is 0 Å². The van der Waals surface area contributed by atoms with Crippen LogP contribution in [0, 0.1) is 20.8 Å². The van der Waals surface area contributed by atoms with Gasteiger partial charge in [0, 0.05) is 12.6 Å². The van der Waals surface area contributed by atoms with Crippen molar-refractivity contribution in [1.29, 1.82) is 0 Å². The SMILES string of the molecule is CCC(O)(CC)CNC(C)c1cc(C)c(C)cc1C. The van der Waals surface area contributed by atoms with Crippen molar-refractivity contribution >= 4 is 0 Å². The Balaban J connectivity index is 2.79. The molecule has 0 bridgehead atoms. The summed E-state index contributed by atoms with van der Waals surface area (Å²) in [7, 11) is 0. The van der Waals surface area contributed by atoms with Gasteiger partial charge in [0.1, 0.15) is 0 Å². The molecular weight excluding hydrogens is 234 g/mol. The first kappa shape index (κ1) is 16.2. The Morgan fingerprint density at radius 1 is 1.05 bits per heavy atom. The molecule has 1 aromatic rings. The molecule has 1 aromatic carbocycles. The number of hydrogen-bond donors (Lipinski definition) is 2. The van der Waals surface area contributed by atoms with Gasteiger partial charge in [0.25, 0.3) is 0 Å². The summed E-state index contributed by atoms with van der Waals surface area (Å²) >= 11 is 0. The van der Waals surface area contributed by atoms with Crippen LogP contribution in [0.25, 0.3) is 0 Å². The Morgan fingerprint density at radius 2 is 1.58 bits per heavy atom. The highest BCUT2D eigenvalue weighted by atomic mass is 16.3. The van der Waals surface area contributed by atoms with E-state index in [4.69, 9.17) is 0 Å². The minimum Gasteiger partial charge on any atom is -0.389 e. The van der Waals surface area contributed by atoms with E-state index in [-0.39, 0.29) is 6.04 Å². The zero-order valence-electron chi connectivity index (χ0n) is 13.3. The molecule has 0 saturated carbocycles. The minimum atomic E-state index is -0.581. The van der Waals surface area contributed by atoms with E-state index in [1.807, 2.05) is 13.8 Å². The van der Waals surface area contributed by atoms with Crippen LogP contribution < -0.4 is 5.32 Å². The lowest BCUT2D eigenvalue weighted by atomic mass is 9.94. The fourth-order valence-electron chi connectivity index (χ4n) is 2.40. The highest BCUT2D eigenvalue weighted by Gasteiger charge is 2.23. The molecule has 1 rings (SSSR count). The summed E-state index contributed by atoms with van der Waals surface area (Å²) in [4.78, 5) is 0. The molecule has 2 nitrogen and oxygen atoms in total. The molecular formula is C17H29NO. The van der Waals surface area contributed by atoms with Gasteiger partial charge in [-0.05, 0) is 62.8 Å². The van der Waals surface area contributed by atoms with Gasteiger partial charge < -0.3 is 10.4 Å². The summed E-state index contributed by atoms with van der Waals surface area (Å²) in [5.41, 5.74) is 4.74. The lowest BCUT2D eigenvalue weighted by Gasteiger charge is -2.28. The largest absolute Gasteiger partial charge is 0.389 e. The van der Waals surface area contributed by atoms with Crippen molar-refractivity contribution in [1.82, 2.24) is 5.32 Å². The minimum absolute atomic E-state index is 0.268. The van der Waals surface area contributed by atoms with E-state index < -0.39 is 5.60 Å². The normalized spacial score (nSPS) is 13.6. The van der Waals surface area contributed by atoms with Gasteiger partial charge in [-0.2, -0.15) is 0 Å². The molecule has 0 amide bonds. The predicted octanol–water partition coefficient (Wildman–Crippen LogP) is 3.81.